The summed E-state index contributed by atoms with van der Waals surface area (Å²) >= 11 is 0. The molecule has 6 rings (SSSR count). The molecule has 0 radical (unpaired) electrons. The molecule has 0 aliphatic carbocycles. The Balaban J connectivity index is 0.000000235. The van der Waals surface area contributed by atoms with Crippen LogP contribution in [-0.2, 0) is 27.5 Å². The number of anilines is 2. The van der Waals surface area contributed by atoms with Gasteiger partial charge in [0.25, 0.3) is 0 Å². The van der Waals surface area contributed by atoms with E-state index in [4.69, 9.17) is 19.3 Å². The van der Waals surface area contributed by atoms with Gasteiger partial charge in [-0.1, -0.05) is 12.1 Å². The van der Waals surface area contributed by atoms with E-state index in [2.05, 4.69) is 20.6 Å². The van der Waals surface area contributed by atoms with Gasteiger partial charge < -0.3 is 35.4 Å². The number of carbonyl (C=O) groups is 4. The van der Waals surface area contributed by atoms with Gasteiger partial charge in [0, 0.05) is 25.0 Å². The molecule has 13 nitrogen and oxygen atoms in total. The van der Waals surface area contributed by atoms with Gasteiger partial charge in [0.1, 0.15) is 36.3 Å². The van der Waals surface area contributed by atoms with Gasteiger partial charge in [0.05, 0.1) is 30.6 Å². The standard InChI is InChI=1S/C16H14N2O4.C15H12N2O4.Na.H2O/c1-9(19)18-15-6-13-12-4-3-10(16(20)21-2)5-11(12)8-22-14(13)7-17-15;1-8(18)17-14-5-12-11-3-2-9(15(19)20)4-10(11)7-21-13(12)6-16-14;;/h3-7H,8H2,1-2H3,(H,17,18,19);2-6H,7H2,1H3,(H,19,20)(H,16,17,18);;1H2/q;;+1;/p-1. The quantitative estimate of drug-likeness (QED) is 0.220. The summed E-state index contributed by atoms with van der Waals surface area (Å²) in [4.78, 5) is 53.1. The van der Waals surface area contributed by atoms with E-state index in [1.54, 1.807) is 54.9 Å². The number of hydrogen-bond donors (Lipinski definition) is 3. The minimum absolute atomic E-state index is 0. The molecule has 4 aromatic rings. The van der Waals surface area contributed by atoms with Gasteiger partial charge in [0.2, 0.25) is 11.8 Å². The van der Waals surface area contributed by atoms with E-state index in [9.17, 15) is 19.2 Å². The van der Waals surface area contributed by atoms with Crippen molar-refractivity contribution in [3.8, 4) is 33.8 Å². The molecule has 2 aromatic heterocycles. The molecule has 0 spiro atoms. The molecule has 2 aliphatic heterocycles. The number of hydrogen-bond acceptors (Lipinski definition) is 10. The minimum Gasteiger partial charge on any atom is -0.870 e. The first-order chi connectivity index (χ1) is 20.6. The summed E-state index contributed by atoms with van der Waals surface area (Å²) in [6, 6.07) is 13.7. The summed E-state index contributed by atoms with van der Waals surface area (Å²) in [6.45, 7) is 3.48. The van der Waals surface area contributed by atoms with Crippen LogP contribution in [-0.4, -0.2) is 51.4 Å². The number of amides is 2. The van der Waals surface area contributed by atoms with Crippen LogP contribution in [0.4, 0.5) is 11.6 Å². The Morgan fingerprint density at radius 3 is 1.60 bits per heavy atom. The molecular formula is C31H27N4NaO9. The van der Waals surface area contributed by atoms with Gasteiger partial charge in [-0.3, -0.25) is 9.59 Å². The first kappa shape index (κ1) is 34.7. The normalized spacial score (nSPS) is 11.3. The van der Waals surface area contributed by atoms with E-state index >= 15 is 0 Å². The molecule has 0 atom stereocenters. The van der Waals surface area contributed by atoms with Crippen LogP contribution in [0, 0.1) is 0 Å². The van der Waals surface area contributed by atoms with E-state index < -0.39 is 5.97 Å². The van der Waals surface area contributed by atoms with Crippen molar-refractivity contribution in [1.29, 1.82) is 0 Å². The summed E-state index contributed by atoms with van der Waals surface area (Å²) in [5.41, 5.74) is 5.82. The van der Waals surface area contributed by atoms with E-state index in [0.717, 1.165) is 33.4 Å². The number of carboxylic acids is 1. The average Bonchev–Trinajstić information content (AvgIpc) is 2.99. The van der Waals surface area contributed by atoms with Crippen molar-refractivity contribution in [2.75, 3.05) is 17.7 Å². The molecule has 4 heterocycles. The Bertz CT molecular complexity index is 1800. The monoisotopic (exact) mass is 622 g/mol. The number of nitrogens with one attached hydrogen (secondary N) is 2. The third kappa shape index (κ3) is 7.83. The van der Waals surface area contributed by atoms with E-state index in [1.807, 2.05) is 6.07 Å². The third-order valence-corrected chi connectivity index (χ3v) is 6.57. The maximum absolute atomic E-state index is 11.6. The number of benzene rings is 2. The largest absolute Gasteiger partial charge is 1.00 e. The van der Waals surface area contributed by atoms with Crippen molar-refractivity contribution >= 4 is 35.4 Å². The molecule has 2 amide bonds. The first-order valence-electron chi connectivity index (χ1n) is 13.0. The maximum Gasteiger partial charge on any atom is 1.00 e. The van der Waals surface area contributed by atoms with E-state index in [-0.39, 0.29) is 58.4 Å². The molecule has 0 saturated heterocycles. The van der Waals surface area contributed by atoms with Gasteiger partial charge in [-0.15, -0.1) is 0 Å². The molecule has 0 unspecified atom stereocenters. The Hall–Kier alpha value is -4.82. The van der Waals surface area contributed by atoms with Crippen LogP contribution in [0.25, 0.3) is 22.3 Å². The summed E-state index contributed by atoms with van der Waals surface area (Å²) < 4.78 is 15.9. The van der Waals surface area contributed by atoms with Crippen LogP contribution in [0.15, 0.2) is 60.9 Å². The number of pyridine rings is 2. The molecule has 226 valence electrons. The second-order valence-electron chi connectivity index (χ2n) is 9.61. The number of aromatic carboxylic acids is 1. The zero-order valence-corrected chi connectivity index (χ0v) is 26.8. The van der Waals surface area contributed by atoms with Crippen molar-refractivity contribution in [3.05, 3.63) is 83.2 Å². The number of aromatic nitrogens is 2. The topological polar surface area (TPSA) is 196 Å². The van der Waals surface area contributed by atoms with Crippen molar-refractivity contribution in [2.45, 2.75) is 27.1 Å². The Morgan fingerprint density at radius 1 is 0.733 bits per heavy atom. The number of esters is 1. The average molecular weight is 623 g/mol. The fraction of sp³-hybridized carbons (Fsp3) is 0.161. The molecule has 4 N–H and O–H groups in total. The maximum atomic E-state index is 11.6. The number of carbonyl (C=O) groups excluding carboxylic acids is 3. The van der Waals surface area contributed by atoms with Crippen molar-refractivity contribution in [1.82, 2.24) is 9.97 Å². The van der Waals surface area contributed by atoms with Crippen molar-refractivity contribution < 1.29 is 73.5 Å². The number of fused-ring (bicyclic) bond motifs is 6. The zero-order valence-electron chi connectivity index (χ0n) is 24.8. The second-order valence-corrected chi connectivity index (χ2v) is 9.61. The van der Waals surface area contributed by atoms with Crippen LogP contribution in [0.5, 0.6) is 11.5 Å². The van der Waals surface area contributed by atoms with Crippen LogP contribution in [0.1, 0.15) is 45.7 Å². The fourth-order valence-electron chi connectivity index (χ4n) is 4.67. The van der Waals surface area contributed by atoms with E-state index in [0.29, 0.717) is 41.9 Å². The molecular weight excluding hydrogens is 595 g/mol. The summed E-state index contributed by atoms with van der Waals surface area (Å²) in [6.07, 6.45) is 3.13. The summed E-state index contributed by atoms with van der Waals surface area (Å²) in [5.74, 6) is 0.387. The predicted molar refractivity (Wildman–Crippen MR) is 157 cm³/mol. The number of nitrogens with zero attached hydrogens (tertiary/aromatic N) is 2. The van der Waals surface area contributed by atoms with Crippen molar-refractivity contribution in [2.24, 2.45) is 0 Å². The van der Waals surface area contributed by atoms with Gasteiger partial charge in [-0.2, -0.15) is 0 Å². The Labute approximate surface area is 279 Å². The van der Waals surface area contributed by atoms with Crippen LogP contribution in [0.3, 0.4) is 0 Å². The number of methoxy groups -OCH3 is 1. The van der Waals surface area contributed by atoms with Crippen LogP contribution >= 0.6 is 0 Å². The van der Waals surface area contributed by atoms with Gasteiger partial charge in [0.15, 0.2) is 0 Å². The van der Waals surface area contributed by atoms with Gasteiger partial charge in [-0.25, -0.2) is 19.6 Å². The first-order valence-corrected chi connectivity index (χ1v) is 13.0. The number of ether oxygens (including phenoxy) is 3. The van der Waals surface area contributed by atoms with Crippen LogP contribution < -0.4 is 49.7 Å². The van der Waals surface area contributed by atoms with Gasteiger partial charge >= 0.3 is 41.5 Å². The number of rotatable bonds is 4. The Morgan fingerprint density at radius 2 is 1.18 bits per heavy atom. The third-order valence-electron chi connectivity index (χ3n) is 6.57. The van der Waals surface area contributed by atoms with Crippen LogP contribution in [0.2, 0.25) is 0 Å². The minimum atomic E-state index is -0.975. The SMILES string of the molecule is CC(=O)Nc1cc2c(cn1)OCc1cc(C(=O)O)ccc1-2.COC(=O)c1ccc2c(c1)COc1cnc(NC(C)=O)cc1-2.[Na+].[OH-]. The zero-order chi connectivity index (χ0) is 30.7. The smallest absolute Gasteiger partial charge is 0.870 e. The second kappa shape index (κ2) is 14.8. The molecule has 45 heavy (non-hydrogen) atoms. The molecule has 0 fully saturated rings. The summed E-state index contributed by atoms with van der Waals surface area (Å²) in [5, 5.41) is 14.3. The van der Waals surface area contributed by atoms with Gasteiger partial charge in [-0.05, 0) is 58.7 Å². The number of carboxylic acid groups (broad SMARTS) is 1. The molecule has 2 aliphatic rings. The molecule has 0 bridgehead atoms. The summed E-state index contributed by atoms with van der Waals surface area (Å²) in [7, 11) is 1.35. The molecule has 2 aromatic carbocycles. The Kier molecular flexibility index (Phi) is 11.4. The van der Waals surface area contributed by atoms with Crippen molar-refractivity contribution in [3.63, 3.8) is 0 Å². The van der Waals surface area contributed by atoms with E-state index in [1.165, 1.54) is 21.0 Å². The predicted octanol–water partition coefficient (Wildman–Crippen LogP) is 1.51. The molecule has 14 heteroatoms. The fourth-order valence-corrected chi connectivity index (χ4v) is 4.67. The molecule has 0 saturated carbocycles.